The van der Waals surface area contributed by atoms with Crippen molar-refractivity contribution in [2.24, 2.45) is 0 Å². The summed E-state index contributed by atoms with van der Waals surface area (Å²) in [6.45, 7) is 0. The maximum absolute atomic E-state index is 11.5. The summed E-state index contributed by atoms with van der Waals surface area (Å²) in [7, 11) is 1.58. The SMILES string of the molecule is CN1C(=N)SC(=Cc2ccco2)C1=O. The van der Waals surface area contributed by atoms with Gasteiger partial charge in [-0.15, -0.1) is 0 Å². The van der Waals surface area contributed by atoms with Gasteiger partial charge >= 0.3 is 0 Å². The van der Waals surface area contributed by atoms with Crippen molar-refractivity contribution in [2.45, 2.75) is 0 Å². The molecule has 2 rings (SSSR count). The summed E-state index contributed by atoms with van der Waals surface area (Å²) >= 11 is 1.14. The normalized spacial score (nSPS) is 19.8. The fourth-order valence-electron chi connectivity index (χ4n) is 1.07. The molecule has 0 saturated carbocycles. The van der Waals surface area contributed by atoms with E-state index in [9.17, 15) is 4.79 Å². The molecule has 2 heterocycles. The van der Waals surface area contributed by atoms with Gasteiger partial charge in [-0.25, -0.2) is 0 Å². The van der Waals surface area contributed by atoms with Gasteiger partial charge in [0.2, 0.25) is 0 Å². The molecule has 0 radical (unpaired) electrons. The van der Waals surface area contributed by atoms with Crippen molar-refractivity contribution in [3.05, 3.63) is 29.1 Å². The molecule has 0 atom stereocenters. The van der Waals surface area contributed by atoms with E-state index >= 15 is 0 Å². The minimum Gasteiger partial charge on any atom is -0.465 e. The van der Waals surface area contributed by atoms with E-state index in [1.165, 1.54) is 4.90 Å². The highest BCUT2D eigenvalue weighted by Gasteiger charge is 2.29. The fraction of sp³-hybridized carbons (Fsp3) is 0.111. The Morgan fingerprint density at radius 2 is 2.43 bits per heavy atom. The lowest BCUT2D eigenvalue weighted by Crippen LogP contribution is -2.22. The smallest absolute Gasteiger partial charge is 0.266 e. The molecule has 1 amide bonds. The molecule has 1 aromatic rings. The summed E-state index contributed by atoms with van der Waals surface area (Å²) in [6.07, 6.45) is 3.19. The van der Waals surface area contributed by atoms with Crippen molar-refractivity contribution in [2.75, 3.05) is 7.05 Å². The van der Waals surface area contributed by atoms with Crippen LogP contribution in [0.3, 0.4) is 0 Å². The van der Waals surface area contributed by atoms with Crippen LogP contribution in [-0.2, 0) is 4.79 Å². The molecule has 1 aromatic heterocycles. The number of carbonyl (C=O) groups is 1. The topological polar surface area (TPSA) is 57.3 Å². The van der Waals surface area contributed by atoms with Crippen LogP contribution in [0.4, 0.5) is 0 Å². The Bertz CT molecular complexity index is 408. The summed E-state index contributed by atoms with van der Waals surface area (Å²) in [5.41, 5.74) is 0. The summed E-state index contributed by atoms with van der Waals surface area (Å²) in [4.78, 5) is 13.3. The summed E-state index contributed by atoms with van der Waals surface area (Å²) in [6, 6.07) is 3.52. The van der Waals surface area contributed by atoms with Gasteiger partial charge < -0.3 is 4.42 Å². The summed E-state index contributed by atoms with van der Waals surface area (Å²) < 4.78 is 5.08. The highest BCUT2D eigenvalue weighted by molar-refractivity contribution is 8.18. The standard InChI is InChI=1S/C9H8N2O2S/c1-11-8(12)7(14-9(11)10)5-6-3-2-4-13-6/h2-5,10H,1H3. The highest BCUT2D eigenvalue weighted by atomic mass is 32.2. The molecule has 0 aromatic carbocycles. The quantitative estimate of drug-likeness (QED) is 0.715. The van der Waals surface area contributed by atoms with E-state index in [4.69, 9.17) is 9.83 Å². The van der Waals surface area contributed by atoms with E-state index < -0.39 is 0 Å². The zero-order chi connectivity index (χ0) is 10.1. The lowest BCUT2D eigenvalue weighted by molar-refractivity contribution is -0.121. The molecule has 1 saturated heterocycles. The van der Waals surface area contributed by atoms with E-state index in [2.05, 4.69) is 0 Å². The van der Waals surface area contributed by atoms with Gasteiger partial charge in [0.25, 0.3) is 5.91 Å². The second kappa shape index (κ2) is 3.34. The number of nitrogens with one attached hydrogen (secondary N) is 1. The molecule has 72 valence electrons. The molecular formula is C9H8N2O2S. The first-order valence-corrected chi connectivity index (χ1v) is 4.80. The molecule has 0 unspecified atom stereocenters. The minimum absolute atomic E-state index is 0.156. The predicted molar refractivity (Wildman–Crippen MR) is 54.8 cm³/mol. The van der Waals surface area contributed by atoms with E-state index in [0.29, 0.717) is 10.7 Å². The third kappa shape index (κ3) is 1.46. The van der Waals surface area contributed by atoms with Crippen LogP contribution in [0.15, 0.2) is 27.7 Å². The van der Waals surface area contributed by atoms with Gasteiger partial charge in [0.15, 0.2) is 5.17 Å². The highest BCUT2D eigenvalue weighted by Crippen LogP contribution is 2.30. The number of rotatable bonds is 1. The number of nitrogens with zero attached hydrogens (tertiary/aromatic N) is 1. The van der Waals surface area contributed by atoms with Crippen LogP contribution in [0.2, 0.25) is 0 Å². The van der Waals surface area contributed by atoms with Crippen LogP contribution in [0.5, 0.6) is 0 Å². The molecular weight excluding hydrogens is 200 g/mol. The number of carbonyl (C=O) groups excluding carboxylic acids is 1. The van der Waals surface area contributed by atoms with Crippen LogP contribution in [0, 0.1) is 5.41 Å². The molecule has 0 spiro atoms. The average molecular weight is 208 g/mol. The van der Waals surface area contributed by atoms with Crippen LogP contribution in [0.1, 0.15) is 5.76 Å². The second-order valence-corrected chi connectivity index (χ2v) is 3.83. The lowest BCUT2D eigenvalue weighted by Gasteiger charge is -2.03. The number of thioether (sulfide) groups is 1. The lowest BCUT2D eigenvalue weighted by atomic mass is 10.4. The molecule has 5 heteroatoms. The Labute approximate surface area is 85.1 Å². The van der Waals surface area contributed by atoms with E-state index in [0.717, 1.165) is 11.8 Å². The molecule has 0 aliphatic carbocycles. The Balaban J connectivity index is 2.29. The zero-order valence-corrected chi connectivity index (χ0v) is 8.30. The third-order valence-corrected chi connectivity index (χ3v) is 2.82. The van der Waals surface area contributed by atoms with Gasteiger partial charge in [0, 0.05) is 13.1 Å². The molecule has 1 aliphatic rings. The van der Waals surface area contributed by atoms with Crippen LogP contribution >= 0.6 is 11.8 Å². The number of amides is 1. The van der Waals surface area contributed by atoms with Gasteiger partial charge in [-0.3, -0.25) is 15.1 Å². The number of hydrogen-bond acceptors (Lipinski definition) is 4. The molecule has 14 heavy (non-hydrogen) atoms. The Kier molecular flexibility index (Phi) is 2.17. The van der Waals surface area contributed by atoms with Gasteiger partial charge in [0.1, 0.15) is 5.76 Å². The monoisotopic (exact) mass is 208 g/mol. The van der Waals surface area contributed by atoms with Crippen molar-refractivity contribution >= 4 is 28.9 Å². The van der Waals surface area contributed by atoms with Gasteiger partial charge in [-0.2, -0.15) is 0 Å². The number of furan rings is 1. The minimum atomic E-state index is -0.156. The van der Waals surface area contributed by atoms with E-state index in [1.54, 1.807) is 31.5 Å². The van der Waals surface area contributed by atoms with Crippen molar-refractivity contribution < 1.29 is 9.21 Å². The molecule has 0 bridgehead atoms. The zero-order valence-electron chi connectivity index (χ0n) is 7.48. The molecule has 1 fully saturated rings. The largest absolute Gasteiger partial charge is 0.465 e. The summed E-state index contributed by atoms with van der Waals surface area (Å²) in [5.74, 6) is 0.473. The van der Waals surface area contributed by atoms with Crippen molar-refractivity contribution in [1.82, 2.24) is 4.90 Å². The number of likely N-dealkylation sites (N-methyl/N-ethyl adjacent to an activating group) is 1. The number of amidine groups is 1. The molecule has 1 N–H and O–H groups in total. The maximum atomic E-state index is 11.5. The Morgan fingerprint density at radius 1 is 1.64 bits per heavy atom. The van der Waals surface area contributed by atoms with E-state index in [-0.39, 0.29) is 11.1 Å². The third-order valence-electron chi connectivity index (χ3n) is 1.84. The van der Waals surface area contributed by atoms with Crippen molar-refractivity contribution in [3.8, 4) is 0 Å². The first kappa shape index (κ1) is 9.08. The second-order valence-electron chi connectivity index (χ2n) is 2.80. The van der Waals surface area contributed by atoms with E-state index in [1.807, 2.05) is 0 Å². The van der Waals surface area contributed by atoms with Crippen LogP contribution in [0.25, 0.3) is 6.08 Å². The van der Waals surface area contributed by atoms with Crippen LogP contribution < -0.4 is 0 Å². The molecule has 4 nitrogen and oxygen atoms in total. The van der Waals surface area contributed by atoms with Gasteiger partial charge in [-0.1, -0.05) is 0 Å². The molecule has 1 aliphatic heterocycles. The first-order valence-electron chi connectivity index (χ1n) is 3.98. The average Bonchev–Trinajstić information content (AvgIpc) is 2.73. The Morgan fingerprint density at radius 3 is 2.93 bits per heavy atom. The van der Waals surface area contributed by atoms with Crippen molar-refractivity contribution in [3.63, 3.8) is 0 Å². The Hall–Kier alpha value is -1.49. The van der Waals surface area contributed by atoms with Gasteiger partial charge in [0.05, 0.1) is 11.2 Å². The fourth-order valence-corrected chi connectivity index (χ4v) is 1.90. The number of hydrogen-bond donors (Lipinski definition) is 1. The van der Waals surface area contributed by atoms with Crippen molar-refractivity contribution in [1.29, 1.82) is 5.41 Å². The van der Waals surface area contributed by atoms with Crippen LogP contribution in [-0.4, -0.2) is 23.0 Å². The maximum Gasteiger partial charge on any atom is 0.266 e. The summed E-state index contributed by atoms with van der Waals surface area (Å²) in [5, 5.41) is 7.68. The van der Waals surface area contributed by atoms with Gasteiger partial charge in [-0.05, 0) is 23.9 Å². The predicted octanol–water partition coefficient (Wildman–Crippen LogP) is 1.76. The first-order chi connectivity index (χ1) is 6.68.